The Labute approximate surface area is 123 Å². The summed E-state index contributed by atoms with van der Waals surface area (Å²) in [7, 11) is 2.02. The Morgan fingerprint density at radius 1 is 1.40 bits per heavy atom. The van der Waals surface area contributed by atoms with E-state index in [1.54, 1.807) is 0 Å². The van der Waals surface area contributed by atoms with E-state index >= 15 is 0 Å². The summed E-state index contributed by atoms with van der Waals surface area (Å²) in [5, 5.41) is 3.37. The molecule has 2 rings (SSSR count). The van der Waals surface area contributed by atoms with Crippen LogP contribution >= 0.6 is 0 Å². The monoisotopic (exact) mass is 281 g/mol. The Morgan fingerprint density at radius 2 is 2.05 bits per heavy atom. The normalized spacial score (nSPS) is 29.1. The number of carbonyl (C=O) groups excluding carboxylic acids is 1. The van der Waals surface area contributed by atoms with E-state index in [0.29, 0.717) is 18.0 Å². The highest BCUT2D eigenvalue weighted by molar-refractivity contribution is 5.83. The highest BCUT2D eigenvalue weighted by atomic mass is 16.2. The first-order valence-electron chi connectivity index (χ1n) is 8.22. The largest absolute Gasteiger partial charge is 0.342 e. The molecule has 0 bridgehead atoms. The molecule has 2 aliphatic heterocycles. The van der Waals surface area contributed by atoms with Crippen LogP contribution in [0.15, 0.2) is 0 Å². The van der Waals surface area contributed by atoms with E-state index in [-0.39, 0.29) is 5.41 Å². The third-order valence-electron chi connectivity index (χ3n) is 5.47. The van der Waals surface area contributed by atoms with Gasteiger partial charge in [-0.15, -0.1) is 0 Å². The fourth-order valence-electron chi connectivity index (χ4n) is 3.71. The van der Waals surface area contributed by atoms with Crippen LogP contribution in [0.25, 0.3) is 0 Å². The average molecular weight is 281 g/mol. The summed E-state index contributed by atoms with van der Waals surface area (Å²) in [5.74, 6) is 0.369. The first-order valence-corrected chi connectivity index (χ1v) is 8.22. The topological polar surface area (TPSA) is 35.6 Å². The van der Waals surface area contributed by atoms with Crippen molar-refractivity contribution in [3.63, 3.8) is 0 Å². The zero-order chi connectivity index (χ0) is 14.8. The highest BCUT2D eigenvalue weighted by Gasteiger charge is 2.42. The molecule has 0 aliphatic carbocycles. The fourth-order valence-corrected chi connectivity index (χ4v) is 3.71. The molecule has 0 saturated carbocycles. The van der Waals surface area contributed by atoms with Gasteiger partial charge in [-0.05, 0) is 46.1 Å². The van der Waals surface area contributed by atoms with Crippen molar-refractivity contribution in [2.75, 3.05) is 33.2 Å². The number of likely N-dealkylation sites (tertiary alicyclic amines) is 1. The maximum atomic E-state index is 12.9. The molecule has 116 valence electrons. The lowest BCUT2D eigenvalue weighted by atomic mass is 9.82. The van der Waals surface area contributed by atoms with Gasteiger partial charge in [0.2, 0.25) is 5.91 Å². The number of piperidine rings is 1. The molecule has 1 unspecified atom stereocenters. The number of nitrogens with zero attached hydrogens (tertiary/aromatic N) is 2. The minimum Gasteiger partial charge on any atom is -0.342 e. The number of carbonyl (C=O) groups is 1. The van der Waals surface area contributed by atoms with Gasteiger partial charge in [0.05, 0.1) is 5.41 Å². The number of amides is 1. The molecule has 1 amide bonds. The smallest absolute Gasteiger partial charge is 0.230 e. The van der Waals surface area contributed by atoms with Crippen molar-refractivity contribution in [2.24, 2.45) is 5.41 Å². The molecule has 1 atom stereocenters. The van der Waals surface area contributed by atoms with Crippen LogP contribution < -0.4 is 5.32 Å². The van der Waals surface area contributed by atoms with Crippen molar-refractivity contribution < 1.29 is 4.79 Å². The second-order valence-electron chi connectivity index (χ2n) is 6.84. The van der Waals surface area contributed by atoms with Crippen LogP contribution in [0.4, 0.5) is 0 Å². The maximum absolute atomic E-state index is 12.9. The van der Waals surface area contributed by atoms with Gasteiger partial charge in [-0.25, -0.2) is 0 Å². The Balaban J connectivity index is 1.94. The summed E-state index contributed by atoms with van der Waals surface area (Å²) in [6.45, 7) is 10.8. The quantitative estimate of drug-likeness (QED) is 0.852. The molecule has 0 radical (unpaired) electrons. The minimum absolute atomic E-state index is 0.135. The minimum atomic E-state index is -0.135. The van der Waals surface area contributed by atoms with E-state index in [1.165, 1.54) is 0 Å². The van der Waals surface area contributed by atoms with E-state index < -0.39 is 0 Å². The predicted octanol–water partition coefficient (Wildman–Crippen LogP) is 1.71. The fraction of sp³-hybridized carbons (Fsp3) is 0.938. The Morgan fingerprint density at radius 3 is 2.50 bits per heavy atom. The third kappa shape index (κ3) is 3.01. The summed E-state index contributed by atoms with van der Waals surface area (Å²) in [5.41, 5.74) is -0.135. The predicted molar refractivity (Wildman–Crippen MR) is 82.7 cm³/mol. The van der Waals surface area contributed by atoms with E-state index in [1.807, 2.05) is 7.05 Å². The third-order valence-corrected chi connectivity index (χ3v) is 5.47. The second kappa shape index (κ2) is 6.44. The van der Waals surface area contributed by atoms with Crippen LogP contribution in [0.1, 0.15) is 46.5 Å². The summed E-state index contributed by atoms with van der Waals surface area (Å²) in [4.78, 5) is 17.5. The molecule has 4 heteroatoms. The molecular formula is C16H31N3O. The number of hydrogen-bond acceptors (Lipinski definition) is 3. The molecule has 2 fully saturated rings. The molecule has 2 heterocycles. The van der Waals surface area contributed by atoms with Gasteiger partial charge in [-0.2, -0.15) is 0 Å². The van der Waals surface area contributed by atoms with E-state index in [2.05, 4.69) is 35.9 Å². The van der Waals surface area contributed by atoms with Crippen molar-refractivity contribution >= 4 is 5.91 Å². The van der Waals surface area contributed by atoms with Gasteiger partial charge in [0.15, 0.2) is 0 Å². The van der Waals surface area contributed by atoms with Crippen molar-refractivity contribution in [3.8, 4) is 0 Å². The van der Waals surface area contributed by atoms with Gasteiger partial charge in [0.1, 0.15) is 0 Å². The van der Waals surface area contributed by atoms with Gasteiger partial charge in [0, 0.05) is 38.8 Å². The first kappa shape index (κ1) is 15.8. The zero-order valence-electron chi connectivity index (χ0n) is 13.6. The molecule has 0 aromatic heterocycles. The summed E-state index contributed by atoms with van der Waals surface area (Å²) in [6, 6.07) is 1.06. The summed E-state index contributed by atoms with van der Waals surface area (Å²) >= 11 is 0. The van der Waals surface area contributed by atoms with E-state index in [4.69, 9.17) is 0 Å². The lowest BCUT2D eigenvalue weighted by molar-refractivity contribution is -0.143. The van der Waals surface area contributed by atoms with Crippen LogP contribution in [0.5, 0.6) is 0 Å². The first-order chi connectivity index (χ1) is 9.50. The van der Waals surface area contributed by atoms with Crippen LogP contribution in [-0.4, -0.2) is 61.0 Å². The standard InChI is InChI=1S/C16H31N3O/c1-5-16(8-9-17-12-16)15(20)18(4)14-6-10-19(11-7-14)13(2)3/h13-14,17H,5-12H2,1-4H3. The van der Waals surface area contributed by atoms with Crippen molar-refractivity contribution in [1.82, 2.24) is 15.1 Å². The van der Waals surface area contributed by atoms with Crippen LogP contribution in [0.2, 0.25) is 0 Å². The molecule has 0 aromatic carbocycles. The molecule has 4 nitrogen and oxygen atoms in total. The number of rotatable bonds is 4. The average Bonchev–Trinajstić information content (AvgIpc) is 2.96. The molecule has 20 heavy (non-hydrogen) atoms. The highest BCUT2D eigenvalue weighted by Crippen LogP contribution is 2.33. The van der Waals surface area contributed by atoms with Crippen LogP contribution in [0.3, 0.4) is 0 Å². The lowest BCUT2D eigenvalue weighted by Gasteiger charge is -2.41. The second-order valence-corrected chi connectivity index (χ2v) is 6.84. The molecule has 0 spiro atoms. The molecule has 1 N–H and O–H groups in total. The zero-order valence-corrected chi connectivity index (χ0v) is 13.6. The lowest BCUT2D eigenvalue weighted by Crippen LogP contribution is -2.51. The molecule has 0 aromatic rings. The SMILES string of the molecule is CCC1(C(=O)N(C)C2CCN(C(C)C)CC2)CCNC1. The van der Waals surface area contributed by atoms with Gasteiger partial charge in [-0.1, -0.05) is 6.92 Å². The van der Waals surface area contributed by atoms with E-state index in [9.17, 15) is 4.79 Å². The van der Waals surface area contributed by atoms with Gasteiger partial charge in [-0.3, -0.25) is 4.79 Å². The molecule has 2 saturated heterocycles. The maximum Gasteiger partial charge on any atom is 0.230 e. The Bertz CT molecular complexity index is 329. The summed E-state index contributed by atoms with van der Waals surface area (Å²) in [6.07, 6.45) is 4.19. The summed E-state index contributed by atoms with van der Waals surface area (Å²) < 4.78 is 0. The van der Waals surface area contributed by atoms with Gasteiger partial charge >= 0.3 is 0 Å². The Hall–Kier alpha value is -0.610. The van der Waals surface area contributed by atoms with Crippen LogP contribution in [0, 0.1) is 5.41 Å². The van der Waals surface area contributed by atoms with Gasteiger partial charge in [0.25, 0.3) is 0 Å². The van der Waals surface area contributed by atoms with Crippen LogP contribution in [-0.2, 0) is 4.79 Å². The number of nitrogens with one attached hydrogen (secondary N) is 1. The number of hydrogen-bond donors (Lipinski definition) is 1. The van der Waals surface area contributed by atoms with E-state index in [0.717, 1.165) is 51.9 Å². The van der Waals surface area contributed by atoms with Gasteiger partial charge < -0.3 is 15.1 Å². The van der Waals surface area contributed by atoms with Crippen molar-refractivity contribution in [2.45, 2.75) is 58.5 Å². The van der Waals surface area contributed by atoms with Crippen molar-refractivity contribution in [1.29, 1.82) is 0 Å². The van der Waals surface area contributed by atoms with Crippen molar-refractivity contribution in [3.05, 3.63) is 0 Å². The Kier molecular flexibility index (Phi) is 5.08. The molecular weight excluding hydrogens is 250 g/mol. The molecule has 2 aliphatic rings.